The number of halogens is 1. The number of methoxy groups -OCH3 is 1. The van der Waals surface area contributed by atoms with E-state index in [1.807, 2.05) is 0 Å². The molecule has 0 fully saturated rings. The van der Waals surface area contributed by atoms with Crippen molar-refractivity contribution in [2.24, 2.45) is 0 Å². The Hall–Kier alpha value is -2.55. The van der Waals surface area contributed by atoms with Gasteiger partial charge in [-0.2, -0.15) is 0 Å². The Morgan fingerprint density at radius 2 is 2.27 bits per heavy atom. The van der Waals surface area contributed by atoms with E-state index in [-0.39, 0.29) is 23.1 Å². The largest absolute Gasteiger partial charge is 0.494 e. The first-order valence-electron chi connectivity index (χ1n) is 6.04. The Morgan fingerprint density at radius 3 is 2.86 bits per heavy atom. The minimum atomic E-state index is -1.15. The number of H-pyrrole nitrogens is 1. The molecule has 3 N–H and O–H groups in total. The normalized spacial score (nSPS) is 10.3. The number of amides is 1. The molecule has 0 aliphatic heterocycles. The van der Waals surface area contributed by atoms with Gasteiger partial charge in [-0.05, 0) is 12.1 Å². The van der Waals surface area contributed by atoms with Gasteiger partial charge in [0, 0.05) is 18.0 Å². The number of carbonyl (C=O) groups is 2. The number of nitrogens with one attached hydrogen (secondary N) is 2. The molecule has 0 spiro atoms. The van der Waals surface area contributed by atoms with E-state index in [9.17, 15) is 14.0 Å². The van der Waals surface area contributed by atoms with E-state index in [0.717, 1.165) is 17.8 Å². The number of anilines is 1. The quantitative estimate of drug-likeness (QED) is 0.702. The predicted molar refractivity (Wildman–Crippen MR) is 77.9 cm³/mol. The van der Waals surface area contributed by atoms with Crippen molar-refractivity contribution in [3.63, 3.8) is 0 Å². The molecule has 0 bridgehead atoms. The summed E-state index contributed by atoms with van der Waals surface area (Å²) >= 11 is 1.04. The number of thioether (sulfide) groups is 1. The zero-order valence-electron chi connectivity index (χ0n) is 11.4. The second kappa shape index (κ2) is 6.94. The minimum Gasteiger partial charge on any atom is -0.494 e. The highest BCUT2D eigenvalue weighted by Crippen LogP contribution is 2.21. The van der Waals surface area contributed by atoms with E-state index >= 15 is 0 Å². The van der Waals surface area contributed by atoms with Gasteiger partial charge in [-0.15, -0.1) is 0 Å². The summed E-state index contributed by atoms with van der Waals surface area (Å²) in [6.45, 7) is 0. The van der Waals surface area contributed by atoms with Crippen LogP contribution >= 0.6 is 11.8 Å². The average molecular weight is 325 g/mol. The number of aromatic amines is 1. The maximum Gasteiger partial charge on any atom is 0.356 e. The number of aromatic nitrogens is 2. The van der Waals surface area contributed by atoms with Gasteiger partial charge in [-0.3, -0.25) is 4.79 Å². The van der Waals surface area contributed by atoms with Crippen LogP contribution in [-0.2, 0) is 4.79 Å². The molecule has 0 unspecified atom stereocenters. The SMILES string of the molecule is COc1ccc(NC(=O)CSc2nc(C(=O)O)c[nH]2)cc1F. The minimum absolute atomic E-state index is 0.000219. The number of nitrogens with zero attached hydrogens (tertiary/aromatic N) is 1. The number of imidazole rings is 1. The highest BCUT2D eigenvalue weighted by atomic mass is 32.2. The van der Waals surface area contributed by atoms with Crippen molar-refractivity contribution in [1.29, 1.82) is 0 Å². The van der Waals surface area contributed by atoms with Crippen molar-refractivity contribution < 1.29 is 23.8 Å². The number of ether oxygens (including phenoxy) is 1. The van der Waals surface area contributed by atoms with E-state index in [2.05, 4.69) is 15.3 Å². The van der Waals surface area contributed by atoms with Crippen LogP contribution in [0.5, 0.6) is 5.75 Å². The van der Waals surface area contributed by atoms with Crippen molar-refractivity contribution in [3.8, 4) is 5.75 Å². The molecule has 9 heteroatoms. The van der Waals surface area contributed by atoms with E-state index in [1.165, 1.54) is 25.4 Å². The third-order valence-electron chi connectivity index (χ3n) is 2.55. The first-order valence-corrected chi connectivity index (χ1v) is 7.03. The van der Waals surface area contributed by atoms with Crippen molar-refractivity contribution in [1.82, 2.24) is 9.97 Å². The highest BCUT2D eigenvalue weighted by molar-refractivity contribution is 7.99. The van der Waals surface area contributed by atoms with E-state index in [4.69, 9.17) is 9.84 Å². The Balaban J connectivity index is 1.89. The predicted octanol–water partition coefficient (Wildman–Crippen LogP) is 1.99. The smallest absolute Gasteiger partial charge is 0.356 e. The lowest BCUT2D eigenvalue weighted by Crippen LogP contribution is -2.14. The molecule has 1 aromatic carbocycles. The van der Waals surface area contributed by atoms with Crippen LogP contribution in [0.1, 0.15) is 10.5 Å². The summed E-state index contributed by atoms with van der Waals surface area (Å²) in [4.78, 5) is 28.8. The Morgan fingerprint density at radius 1 is 1.50 bits per heavy atom. The third kappa shape index (κ3) is 3.98. The van der Waals surface area contributed by atoms with Gasteiger partial charge in [0.15, 0.2) is 22.4 Å². The summed E-state index contributed by atoms with van der Waals surface area (Å²) in [6, 6.07) is 4.07. The lowest BCUT2D eigenvalue weighted by Gasteiger charge is -2.06. The Labute approximate surface area is 128 Å². The molecule has 0 radical (unpaired) electrons. The van der Waals surface area contributed by atoms with Crippen LogP contribution in [-0.4, -0.2) is 39.8 Å². The molecule has 0 aliphatic rings. The van der Waals surface area contributed by atoms with E-state index in [1.54, 1.807) is 0 Å². The van der Waals surface area contributed by atoms with Crippen LogP contribution in [0.2, 0.25) is 0 Å². The zero-order chi connectivity index (χ0) is 16.1. The number of hydrogen-bond donors (Lipinski definition) is 3. The highest BCUT2D eigenvalue weighted by Gasteiger charge is 2.11. The molecular weight excluding hydrogens is 313 g/mol. The number of hydrogen-bond acceptors (Lipinski definition) is 5. The first kappa shape index (κ1) is 15.8. The fraction of sp³-hybridized carbons (Fsp3) is 0.154. The maximum absolute atomic E-state index is 13.5. The average Bonchev–Trinajstić information content (AvgIpc) is 2.94. The van der Waals surface area contributed by atoms with Crippen molar-refractivity contribution in [3.05, 3.63) is 35.9 Å². The van der Waals surface area contributed by atoms with Crippen molar-refractivity contribution in [2.45, 2.75) is 5.16 Å². The number of benzene rings is 1. The second-order valence-electron chi connectivity index (χ2n) is 4.08. The Bertz CT molecular complexity index is 704. The molecule has 0 atom stereocenters. The van der Waals surface area contributed by atoms with Gasteiger partial charge in [0.2, 0.25) is 5.91 Å². The fourth-order valence-electron chi connectivity index (χ4n) is 1.56. The van der Waals surface area contributed by atoms with Crippen molar-refractivity contribution in [2.75, 3.05) is 18.2 Å². The van der Waals surface area contributed by atoms with Crippen LogP contribution < -0.4 is 10.1 Å². The fourth-order valence-corrected chi connectivity index (χ4v) is 2.21. The molecule has 7 nitrogen and oxygen atoms in total. The molecule has 2 rings (SSSR count). The summed E-state index contributed by atoms with van der Waals surface area (Å²) in [7, 11) is 1.35. The molecule has 1 amide bonds. The third-order valence-corrected chi connectivity index (χ3v) is 3.44. The van der Waals surface area contributed by atoms with Crippen molar-refractivity contribution >= 4 is 29.3 Å². The monoisotopic (exact) mass is 325 g/mol. The van der Waals surface area contributed by atoms with Gasteiger partial charge in [0.25, 0.3) is 0 Å². The zero-order valence-corrected chi connectivity index (χ0v) is 12.2. The molecule has 116 valence electrons. The van der Waals surface area contributed by atoms with Gasteiger partial charge in [0.1, 0.15) is 0 Å². The lowest BCUT2D eigenvalue weighted by atomic mass is 10.3. The van der Waals surface area contributed by atoms with Gasteiger partial charge in [0.05, 0.1) is 12.9 Å². The molecular formula is C13H12FN3O4S. The number of aromatic carboxylic acids is 1. The lowest BCUT2D eigenvalue weighted by molar-refractivity contribution is -0.113. The number of rotatable bonds is 6. The molecule has 22 heavy (non-hydrogen) atoms. The van der Waals surface area contributed by atoms with Crippen LogP contribution in [0.4, 0.5) is 10.1 Å². The van der Waals surface area contributed by atoms with Gasteiger partial charge >= 0.3 is 5.97 Å². The van der Waals surface area contributed by atoms with Crippen LogP contribution in [0.3, 0.4) is 0 Å². The van der Waals surface area contributed by atoms with E-state index < -0.39 is 11.8 Å². The summed E-state index contributed by atoms with van der Waals surface area (Å²) < 4.78 is 18.3. The molecule has 1 heterocycles. The van der Waals surface area contributed by atoms with Crippen LogP contribution in [0.25, 0.3) is 0 Å². The summed E-state index contributed by atoms with van der Waals surface area (Å²) in [5.41, 5.74) is 0.176. The molecule has 0 saturated heterocycles. The molecule has 2 aromatic rings. The summed E-state index contributed by atoms with van der Waals surface area (Å²) in [5, 5.41) is 11.6. The molecule has 1 aromatic heterocycles. The van der Waals surface area contributed by atoms with E-state index in [0.29, 0.717) is 10.8 Å². The number of carboxylic acid groups (broad SMARTS) is 1. The number of carbonyl (C=O) groups excluding carboxylic acids is 1. The summed E-state index contributed by atoms with van der Waals surface area (Å²) in [6.07, 6.45) is 1.24. The number of carboxylic acids is 1. The van der Waals surface area contributed by atoms with Crippen LogP contribution in [0.15, 0.2) is 29.6 Å². The van der Waals surface area contributed by atoms with Gasteiger partial charge in [-0.25, -0.2) is 14.2 Å². The molecule has 0 saturated carbocycles. The Kier molecular flexibility index (Phi) is 4.99. The van der Waals surface area contributed by atoms with Crippen LogP contribution in [0, 0.1) is 5.82 Å². The van der Waals surface area contributed by atoms with Gasteiger partial charge in [-0.1, -0.05) is 11.8 Å². The van der Waals surface area contributed by atoms with Gasteiger partial charge < -0.3 is 20.1 Å². The molecule has 0 aliphatic carbocycles. The second-order valence-corrected chi connectivity index (χ2v) is 5.05. The first-order chi connectivity index (χ1) is 10.5. The summed E-state index contributed by atoms with van der Waals surface area (Å²) in [5.74, 6) is -2.02. The maximum atomic E-state index is 13.5. The topological polar surface area (TPSA) is 104 Å². The standard InChI is InChI=1S/C13H12FN3O4S/c1-21-10-3-2-7(4-8(10)14)16-11(18)6-22-13-15-5-9(17-13)12(19)20/h2-5H,6H2,1H3,(H,15,17)(H,16,18)(H,19,20).